The third-order valence-corrected chi connectivity index (χ3v) is 11.6. The van der Waals surface area contributed by atoms with Gasteiger partial charge in [0.05, 0.1) is 17.3 Å². The smallest absolute Gasteiger partial charge is 0.303 e. The molecule has 2 aliphatic rings. The predicted octanol–water partition coefficient (Wildman–Crippen LogP) is 4.87. The molecule has 1 aliphatic carbocycles. The van der Waals surface area contributed by atoms with Crippen molar-refractivity contribution in [2.75, 3.05) is 24.5 Å². The fraction of sp³-hybridized carbons (Fsp3) is 0.429. The van der Waals surface area contributed by atoms with Crippen LogP contribution in [-0.4, -0.2) is 75.3 Å². The number of carboxylic acids is 1. The molecule has 3 heterocycles. The van der Waals surface area contributed by atoms with E-state index in [0.717, 1.165) is 31.2 Å². The molecule has 0 radical (unpaired) electrons. The van der Waals surface area contributed by atoms with E-state index in [-0.39, 0.29) is 61.3 Å². The van der Waals surface area contributed by atoms with Gasteiger partial charge in [0.1, 0.15) is 23.7 Å². The number of benzene rings is 2. The summed E-state index contributed by atoms with van der Waals surface area (Å²) >= 11 is 0. The first-order valence-corrected chi connectivity index (χ1v) is 18.1. The van der Waals surface area contributed by atoms with Crippen LogP contribution in [0.2, 0.25) is 0 Å². The lowest BCUT2D eigenvalue weighted by Gasteiger charge is -2.40. The van der Waals surface area contributed by atoms with E-state index < -0.39 is 33.9 Å². The van der Waals surface area contributed by atoms with Crippen LogP contribution < -0.4 is 10.2 Å². The van der Waals surface area contributed by atoms with E-state index in [2.05, 4.69) is 25.3 Å². The van der Waals surface area contributed by atoms with Crippen molar-refractivity contribution in [1.82, 2.24) is 29.6 Å². The van der Waals surface area contributed by atoms with Crippen molar-refractivity contribution in [1.29, 1.82) is 0 Å². The number of hydrogen-bond acceptors (Lipinski definition) is 9. The van der Waals surface area contributed by atoms with Crippen LogP contribution >= 0.6 is 0 Å². The number of alkyl halides is 2. The van der Waals surface area contributed by atoms with Gasteiger partial charge in [-0.15, -0.1) is 0 Å². The van der Waals surface area contributed by atoms with Crippen molar-refractivity contribution in [3.8, 4) is 0 Å². The number of carbonyl (C=O) groups excluding carboxylic acids is 1. The van der Waals surface area contributed by atoms with Gasteiger partial charge in [0.2, 0.25) is 15.9 Å². The van der Waals surface area contributed by atoms with Gasteiger partial charge in [-0.2, -0.15) is 4.31 Å². The maximum atomic E-state index is 14.1. The van der Waals surface area contributed by atoms with Crippen molar-refractivity contribution >= 4 is 38.9 Å². The molecule has 1 saturated heterocycles. The molecule has 0 spiro atoms. The topological polar surface area (TPSA) is 159 Å². The maximum Gasteiger partial charge on any atom is 0.303 e. The van der Waals surface area contributed by atoms with Crippen LogP contribution in [0.3, 0.4) is 0 Å². The average molecular weight is 708 g/mol. The SMILES string of the molecule is CCC(F)(F)c1ccc(CNC(=O)[C@H]2CN(c3cnc4cncnc4n3)CCN2S(=O)(=O)c2ccc([C@H]3CC[C@H](CC(=O)O)CC3)cc2)cc1. The minimum Gasteiger partial charge on any atom is -0.481 e. The molecule has 1 amide bonds. The number of carboxylic acid groups (broad SMARTS) is 1. The molecule has 2 aromatic heterocycles. The van der Waals surface area contributed by atoms with Gasteiger partial charge < -0.3 is 15.3 Å². The molecule has 0 unspecified atom stereocenters. The highest BCUT2D eigenvalue weighted by Crippen LogP contribution is 2.38. The summed E-state index contributed by atoms with van der Waals surface area (Å²) in [6.45, 7) is 1.62. The number of piperazine rings is 1. The Bertz CT molecular complexity index is 1940. The lowest BCUT2D eigenvalue weighted by atomic mass is 9.77. The van der Waals surface area contributed by atoms with Gasteiger partial charge in [-0.25, -0.2) is 37.1 Å². The Morgan fingerprint density at radius 1 is 0.980 bits per heavy atom. The Kier molecular flexibility index (Phi) is 10.3. The van der Waals surface area contributed by atoms with E-state index in [1.165, 1.54) is 54.2 Å². The number of rotatable bonds is 11. The van der Waals surface area contributed by atoms with Crippen LogP contribution in [-0.2, 0) is 32.1 Å². The number of carbonyl (C=O) groups is 2. The third-order valence-electron chi connectivity index (χ3n) is 9.73. The Hall–Kier alpha value is -4.63. The van der Waals surface area contributed by atoms with Crippen LogP contribution in [0, 0.1) is 5.92 Å². The molecule has 1 aliphatic heterocycles. The molecule has 12 nitrogen and oxygen atoms in total. The van der Waals surface area contributed by atoms with Gasteiger partial charge in [-0.05, 0) is 60.8 Å². The zero-order chi connectivity index (χ0) is 35.5. The van der Waals surface area contributed by atoms with Gasteiger partial charge >= 0.3 is 5.97 Å². The standard InChI is InChI=1S/C35H39F2N7O5S/c1-2-35(36,37)27-11-5-24(6-12-27)18-40-34(47)30-21-43(31-20-39-29-19-38-22-41-33(29)42-31)15-16-44(30)50(48,49)28-13-9-26(10-14-28)25-7-3-23(4-8-25)17-32(45)46/h5-6,9-14,19-20,22-23,25,30H,2-4,7-8,15-18,21H2,1H3,(H,40,47)(H,45,46)/t23-,25-,30-/m1/s1. The molecule has 15 heteroatoms. The van der Waals surface area contributed by atoms with Crippen molar-refractivity contribution in [3.05, 3.63) is 83.9 Å². The van der Waals surface area contributed by atoms with Crippen molar-refractivity contribution in [2.45, 2.75) is 74.8 Å². The summed E-state index contributed by atoms with van der Waals surface area (Å²) in [4.78, 5) is 43.8. The number of sulfonamides is 1. The third kappa shape index (κ3) is 7.73. The molecular weight excluding hydrogens is 668 g/mol. The summed E-state index contributed by atoms with van der Waals surface area (Å²) in [6, 6.07) is 11.3. The van der Waals surface area contributed by atoms with E-state index >= 15 is 0 Å². The van der Waals surface area contributed by atoms with Gasteiger partial charge in [0.15, 0.2) is 5.65 Å². The van der Waals surface area contributed by atoms with Crippen LogP contribution in [0.4, 0.5) is 14.6 Å². The normalized spacial score (nSPS) is 20.5. The Morgan fingerprint density at radius 3 is 2.38 bits per heavy atom. The molecule has 264 valence electrons. The number of aromatic nitrogens is 4. The fourth-order valence-corrected chi connectivity index (χ4v) is 8.33. The number of halogens is 2. The number of fused-ring (bicyclic) bond motifs is 1. The maximum absolute atomic E-state index is 14.1. The van der Waals surface area contributed by atoms with Gasteiger partial charge in [0, 0.05) is 44.6 Å². The molecule has 50 heavy (non-hydrogen) atoms. The van der Waals surface area contributed by atoms with Crippen LogP contribution in [0.1, 0.15) is 68.1 Å². The number of aliphatic carboxylic acids is 1. The largest absolute Gasteiger partial charge is 0.481 e. The Morgan fingerprint density at radius 2 is 1.70 bits per heavy atom. The van der Waals surface area contributed by atoms with Crippen LogP contribution in [0.15, 0.2) is 72.1 Å². The molecule has 2 N–H and O–H groups in total. The number of nitrogens with one attached hydrogen (secondary N) is 1. The van der Waals surface area contributed by atoms with Gasteiger partial charge in [0.25, 0.3) is 5.92 Å². The van der Waals surface area contributed by atoms with E-state index in [0.29, 0.717) is 22.5 Å². The second kappa shape index (κ2) is 14.7. The highest BCUT2D eigenvalue weighted by molar-refractivity contribution is 7.89. The number of hydrogen-bond donors (Lipinski definition) is 2. The monoisotopic (exact) mass is 707 g/mol. The number of nitrogens with zero attached hydrogens (tertiary/aromatic N) is 6. The highest BCUT2D eigenvalue weighted by Gasteiger charge is 2.41. The van der Waals surface area contributed by atoms with Crippen LogP contribution in [0.5, 0.6) is 0 Å². The summed E-state index contributed by atoms with van der Waals surface area (Å²) < 4.78 is 57.7. The lowest BCUT2D eigenvalue weighted by Crippen LogP contribution is -2.60. The van der Waals surface area contributed by atoms with Crippen molar-refractivity contribution < 1.29 is 31.9 Å². The predicted molar refractivity (Wildman–Crippen MR) is 181 cm³/mol. The van der Waals surface area contributed by atoms with Gasteiger partial charge in [-0.1, -0.05) is 43.3 Å². The molecular formula is C35H39F2N7O5S. The minimum absolute atomic E-state index is 0.0112. The molecule has 2 fully saturated rings. The molecule has 4 aromatic rings. The average Bonchev–Trinajstić information content (AvgIpc) is 3.13. The molecule has 6 rings (SSSR count). The van der Waals surface area contributed by atoms with E-state index in [1.807, 2.05) is 0 Å². The second-order valence-electron chi connectivity index (χ2n) is 12.9. The van der Waals surface area contributed by atoms with Crippen LogP contribution in [0.25, 0.3) is 11.2 Å². The van der Waals surface area contributed by atoms with E-state index in [9.17, 15) is 26.8 Å². The zero-order valence-electron chi connectivity index (χ0n) is 27.6. The lowest BCUT2D eigenvalue weighted by molar-refractivity contribution is -0.138. The molecule has 1 atom stereocenters. The second-order valence-corrected chi connectivity index (χ2v) is 14.8. The summed E-state index contributed by atoms with van der Waals surface area (Å²) in [5, 5.41) is 11.9. The molecule has 2 aromatic carbocycles. The first-order chi connectivity index (χ1) is 23.9. The van der Waals surface area contributed by atoms with E-state index in [1.54, 1.807) is 29.2 Å². The van der Waals surface area contributed by atoms with Crippen molar-refractivity contribution in [2.24, 2.45) is 5.92 Å². The van der Waals surface area contributed by atoms with E-state index in [4.69, 9.17) is 5.11 Å². The van der Waals surface area contributed by atoms with Crippen molar-refractivity contribution in [3.63, 3.8) is 0 Å². The summed E-state index contributed by atoms with van der Waals surface area (Å²) in [7, 11) is -4.13. The summed E-state index contributed by atoms with van der Waals surface area (Å²) in [5.41, 5.74) is 2.32. The first-order valence-electron chi connectivity index (χ1n) is 16.7. The first kappa shape index (κ1) is 35.2. The minimum atomic E-state index is -4.13. The molecule has 1 saturated carbocycles. The number of amides is 1. The number of anilines is 1. The Balaban J connectivity index is 1.21. The Labute approximate surface area is 289 Å². The summed E-state index contributed by atoms with van der Waals surface area (Å²) in [6.07, 6.45) is 7.54. The summed E-state index contributed by atoms with van der Waals surface area (Å²) in [5.74, 6) is -3.49. The molecule has 0 bridgehead atoms. The quantitative estimate of drug-likeness (QED) is 0.220. The van der Waals surface area contributed by atoms with Gasteiger partial charge in [-0.3, -0.25) is 9.59 Å². The zero-order valence-corrected chi connectivity index (χ0v) is 28.4. The highest BCUT2D eigenvalue weighted by atomic mass is 32.2. The fourth-order valence-electron chi connectivity index (χ4n) is 6.76.